The Kier molecular flexibility index (Phi) is 6.46. The number of hydrogen-bond acceptors (Lipinski definition) is 8. The molecule has 6 nitrogen and oxygen atoms in total. The number of oxime groups is 2. The topological polar surface area (TPSA) is 77.3 Å². The van der Waals surface area contributed by atoms with Gasteiger partial charge in [0.25, 0.3) is 0 Å². The Morgan fingerprint density at radius 2 is 1.11 bits per heavy atom. The maximum Gasteiger partial charge on any atom is 0.365 e. The fourth-order valence-corrected chi connectivity index (χ4v) is 3.46. The van der Waals surface area contributed by atoms with Crippen LogP contribution < -0.4 is 0 Å². The van der Waals surface area contributed by atoms with E-state index in [1.807, 2.05) is 35.0 Å². The molecule has 0 radical (unpaired) electrons. The van der Waals surface area contributed by atoms with Crippen LogP contribution in [-0.4, -0.2) is 23.4 Å². The maximum atomic E-state index is 12.1. The van der Waals surface area contributed by atoms with E-state index in [9.17, 15) is 9.59 Å². The Bertz CT molecular complexity index is 922. The molecule has 0 spiro atoms. The number of thiophene rings is 2. The summed E-state index contributed by atoms with van der Waals surface area (Å²) in [6.07, 6.45) is 0. The van der Waals surface area contributed by atoms with Crippen molar-refractivity contribution in [3.63, 3.8) is 0 Å². The van der Waals surface area contributed by atoms with E-state index in [0.29, 0.717) is 11.4 Å². The number of carbonyl (C=O) groups excluding carboxylic acids is 2. The Morgan fingerprint density at radius 1 is 0.714 bits per heavy atom. The second kappa shape index (κ2) is 9.20. The van der Waals surface area contributed by atoms with Gasteiger partial charge in [0.1, 0.15) is 0 Å². The van der Waals surface area contributed by atoms with Crippen molar-refractivity contribution in [3.8, 4) is 0 Å². The predicted octanol–water partition coefficient (Wildman–Crippen LogP) is 4.97. The van der Waals surface area contributed by atoms with Crippen molar-refractivity contribution in [2.45, 2.75) is 13.8 Å². The minimum Gasteiger partial charge on any atom is -0.313 e. The highest BCUT2D eigenvalue weighted by atomic mass is 32.1. The summed E-state index contributed by atoms with van der Waals surface area (Å²) in [5.41, 5.74) is 1.78. The van der Waals surface area contributed by atoms with Crippen LogP contribution in [0.5, 0.6) is 0 Å². The van der Waals surface area contributed by atoms with Gasteiger partial charge < -0.3 is 9.68 Å². The molecular weight excluding hydrogens is 396 g/mol. The molecule has 142 valence electrons. The molecule has 1 aromatic carbocycles. The molecule has 0 fully saturated rings. The molecule has 0 saturated carbocycles. The van der Waals surface area contributed by atoms with Gasteiger partial charge in [-0.1, -0.05) is 22.4 Å². The van der Waals surface area contributed by atoms with E-state index in [2.05, 4.69) is 10.3 Å². The second-order valence-electron chi connectivity index (χ2n) is 5.64. The number of hydrogen-bond donors (Lipinski definition) is 0. The fourth-order valence-electron chi connectivity index (χ4n) is 2.13. The molecule has 0 aliphatic rings. The number of rotatable bonds is 6. The summed E-state index contributed by atoms with van der Waals surface area (Å²) in [5.74, 6) is -1.22. The molecule has 28 heavy (non-hydrogen) atoms. The van der Waals surface area contributed by atoms with Gasteiger partial charge in [-0.2, -0.15) is 0 Å². The minimum absolute atomic E-state index is 0.276. The molecule has 8 heteroatoms. The molecular formula is C20H16N2O4S2. The summed E-state index contributed by atoms with van der Waals surface area (Å²) in [6, 6.07) is 13.5. The average molecular weight is 412 g/mol. The summed E-state index contributed by atoms with van der Waals surface area (Å²) in [6.45, 7) is 3.52. The third-order valence-electron chi connectivity index (χ3n) is 3.64. The van der Waals surface area contributed by atoms with Crippen molar-refractivity contribution >= 4 is 46.0 Å². The van der Waals surface area contributed by atoms with Crippen molar-refractivity contribution in [1.82, 2.24) is 0 Å². The van der Waals surface area contributed by atoms with Gasteiger partial charge in [-0.05, 0) is 61.0 Å². The summed E-state index contributed by atoms with van der Waals surface area (Å²) in [7, 11) is 0. The molecule has 2 aromatic heterocycles. The smallest absolute Gasteiger partial charge is 0.313 e. The summed E-state index contributed by atoms with van der Waals surface area (Å²) >= 11 is 3.01. The van der Waals surface area contributed by atoms with Gasteiger partial charge >= 0.3 is 11.9 Å². The molecule has 0 amide bonds. The Hall–Kier alpha value is -3.10. The van der Waals surface area contributed by atoms with Crippen LogP contribution in [-0.2, 0) is 9.68 Å². The van der Waals surface area contributed by atoms with Gasteiger partial charge in [0.15, 0.2) is 0 Å². The van der Waals surface area contributed by atoms with Gasteiger partial charge in [0, 0.05) is 0 Å². The molecule has 0 atom stereocenters. The van der Waals surface area contributed by atoms with Gasteiger partial charge in [0.2, 0.25) is 0 Å². The highest BCUT2D eigenvalue weighted by Gasteiger charge is 2.12. The first-order chi connectivity index (χ1) is 13.5. The van der Waals surface area contributed by atoms with Crippen LogP contribution in [0, 0.1) is 0 Å². The van der Waals surface area contributed by atoms with E-state index in [1.54, 1.807) is 13.8 Å². The van der Waals surface area contributed by atoms with E-state index in [4.69, 9.17) is 9.68 Å². The zero-order valence-electron chi connectivity index (χ0n) is 15.1. The van der Waals surface area contributed by atoms with Crippen LogP contribution in [0.4, 0.5) is 0 Å². The van der Waals surface area contributed by atoms with E-state index >= 15 is 0 Å². The Balaban J connectivity index is 1.59. The molecule has 3 aromatic rings. The molecule has 0 saturated heterocycles. The summed E-state index contributed by atoms with van der Waals surface area (Å²) < 4.78 is 0. The van der Waals surface area contributed by atoms with Crippen molar-refractivity contribution in [2.75, 3.05) is 0 Å². The van der Waals surface area contributed by atoms with E-state index in [1.165, 1.54) is 46.9 Å². The van der Waals surface area contributed by atoms with E-state index < -0.39 is 11.9 Å². The normalized spacial score (nSPS) is 11.9. The van der Waals surface area contributed by atoms with Crippen molar-refractivity contribution in [1.29, 1.82) is 0 Å². The summed E-state index contributed by atoms with van der Waals surface area (Å²) in [5, 5.41) is 11.5. The van der Waals surface area contributed by atoms with Gasteiger partial charge in [0.05, 0.1) is 32.3 Å². The van der Waals surface area contributed by atoms with Crippen LogP contribution in [0.1, 0.15) is 44.3 Å². The first kappa shape index (κ1) is 19.7. The molecule has 0 bridgehead atoms. The van der Waals surface area contributed by atoms with Crippen LogP contribution in [0.3, 0.4) is 0 Å². The molecule has 0 aliphatic carbocycles. The Morgan fingerprint density at radius 3 is 1.43 bits per heavy atom. The van der Waals surface area contributed by atoms with Gasteiger partial charge in [-0.3, -0.25) is 0 Å². The zero-order chi connectivity index (χ0) is 19.9. The van der Waals surface area contributed by atoms with Crippen LogP contribution >= 0.6 is 22.7 Å². The lowest BCUT2D eigenvalue weighted by atomic mass is 10.1. The molecule has 3 rings (SSSR count). The van der Waals surface area contributed by atoms with Crippen LogP contribution in [0.15, 0.2) is 69.6 Å². The lowest BCUT2D eigenvalue weighted by Gasteiger charge is -2.02. The van der Waals surface area contributed by atoms with Gasteiger partial charge in [-0.25, -0.2) is 9.59 Å². The van der Waals surface area contributed by atoms with Crippen molar-refractivity contribution in [3.05, 3.63) is 80.2 Å². The molecule has 0 N–H and O–H groups in total. The second-order valence-corrected chi connectivity index (χ2v) is 7.54. The highest BCUT2D eigenvalue weighted by molar-refractivity contribution is 7.12. The van der Waals surface area contributed by atoms with Crippen molar-refractivity contribution < 1.29 is 19.3 Å². The zero-order valence-corrected chi connectivity index (χ0v) is 16.8. The standard InChI is InChI=1S/C20H16N2O4S2/c1-13(17-5-3-11-27-17)21-25-19(23)15-7-9-16(10-8-15)20(24)26-22-14(2)18-6-4-12-28-18/h3-12H,1-2H3/b21-13-,22-14-. The maximum absolute atomic E-state index is 12.1. The first-order valence-corrected chi connectivity index (χ1v) is 10.00. The van der Waals surface area contributed by atoms with E-state index in [-0.39, 0.29) is 11.1 Å². The minimum atomic E-state index is -0.609. The lowest BCUT2D eigenvalue weighted by Crippen LogP contribution is -2.06. The van der Waals surface area contributed by atoms with E-state index in [0.717, 1.165) is 9.75 Å². The van der Waals surface area contributed by atoms with Gasteiger partial charge in [-0.15, -0.1) is 22.7 Å². The average Bonchev–Trinajstić information content (AvgIpc) is 3.44. The SMILES string of the molecule is C/C(=N/OC(=O)c1ccc(C(=O)O/N=C(/C)c2cccs2)cc1)c1cccs1. The third-order valence-corrected chi connectivity index (χ3v) is 5.60. The summed E-state index contributed by atoms with van der Waals surface area (Å²) in [4.78, 5) is 35.9. The molecule has 2 heterocycles. The number of benzene rings is 1. The quantitative estimate of drug-likeness (QED) is 0.325. The molecule has 0 unspecified atom stereocenters. The highest BCUT2D eigenvalue weighted by Crippen LogP contribution is 2.13. The van der Waals surface area contributed by atoms with Crippen LogP contribution in [0.2, 0.25) is 0 Å². The van der Waals surface area contributed by atoms with Crippen LogP contribution in [0.25, 0.3) is 0 Å². The Labute approximate surface area is 169 Å². The predicted molar refractivity (Wildman–Crippen MR) is 110 cm³/mol. The third kappa shape index (κ3) is 4.99. The number of carbonyl (C=O) groups is 2. The monoisotopic (exact) mass is 412 g/mol. The lowest BCUT2D eigenvalue weighted by molar-refractivity contribution is 0.0502. The molecule has 0 aliphatic heterocycles. The number of nitrogens with zero attached hydrogens (tertiary/aromatic N) is 2. The largest absolute Gasteiger partial charge is 0.365 e. The van der Waals surface area contributed by atoms with Crippen molar-refractivity contribution in [2.24, 2.45) is 10.3 Å². The fraction of sp³-hybridized carbons (Fsp3) is 0.100. The first-order valence-electron chi connectivity index (χ1n) is 8.24.